The van der Waals surface area contributed by atoms with Crippen LogP contribution < -0.4 is 10.1 Å². The van der Waals surface area contributed by atoms with Gasteiger partial charge < -0.3 is 14.8 Å². The van der Waals surface area contributed by atoms with Gasteiger partial charge >= 0.3 is 0 Å². The van der Waals surface area contributed by atoms with Crippen LogP contribution in [0.1, 0.15) is 37.3 Å². The van der Waals surface area contributed by atoms with E-state index in [0.29, 0.717) is 37.8 Å². The third-order valence-corrected chi connectivity index (χ3v) is 7.48. The van der Waals surface area contributed by atoms with Gasteiger partial charge in [0.15, 0.2) is 0 Å². The zero-order chi connectivity index (χ0) is 23.1. The van der Waals surface area contributed by atoms with Crippen molar-refractivity contribution in [2.24, 2.45) is 0 Å². The fourth-order valence-electron chi connectivity index (χ4n) is 3.53. The Hall–Kier alpha value is -2.68. The number of hydrogen-bond acceptors (Lipinski definition) is 5. The van der Waals surface area contributed by atoms with Crippen molar-refractivity contribution in [3.8, 4) is 5.75 Å². The molecule has 8 heteroatoms. The summed E-state index contributed by atoms with van der Waals surface area (Å²) in [5.74, 6) is 0.305. The van der Waals surface area contributed by atoms with Crippen LogP contribution in [0.2, 0.25) is 0 Å². The van der Waals surface area contributed by atoms with Gasteiger partial charge in [-0.15, -0.1) is 0 Å². The van der Waals surface area contributed by atoms with Gasteiger partial charge in [0.25, 0.3) is 0 Å². The monoisotopic (exact) mass is 458 g/mol. The molecule has 2 aromatic rings. The lowest BCUT2D eigenvalue weighted by Gasteiger charge is -2.26. The summed E-state index contributed by atoms with van der Waals surface area (Å²) in [5.41, 5.74) is 2.45. The Labute approximate surface area is 190 Å². The number of benzene rings is 2. The van der Waals surface area contributed by atoms with E-state index in [0.717, 1.165) is 17.7 Å². The molecule has 0 saturated carbocycles. The highest BCUT2D eigenvalue weighted by Crippen LogP contribution is 2.29. The number of carbonyl (C=O) groups excluding carboxylic acids is 1. The first-order chi connectivity index (χ1) is 15.4. The molecule has 0 aromatic heterocycles. The van der Waals surface area contributed by atoms with Crippen molar-refractivity contribution < 1.29 is 22.7 Å². The second-order valence-corrected chi connectivity index (χ2v) is 9.55. The normalized spacial score (nSPS) is 16.1. The van der Waals surface area contributed by atoms with E-state index in [9.17, 15) is 13.2 Å². The van der Waals surface area contributed by atoms with Gasteiger partial charge in [-0.1, -0.05) is 38.1 Å². The molecule has 172 valence electrons. The van der Waals surface area contributed by atoms with Gasteiger partial charge in [0.05, 0.1) is 20.3 Å². The minimum atomic E-state index is -3.74. The van der Waals surface area contributed by atoms with E-state index in [1.165, 1.54) is 23.6 Å². The molecule has 1 unspecified atom stereocenters. The summed E-state index contributed by atoms with van der Waals surface area (Å²) >= 11 is 0. The van der Waals surface area contributed by atoms with Crippen molar-refractivity contribution in [2.45, 2.75) is 31.1 Å². The minimum absolute atomic E-state index is 0.0755. The van der Waals surface area contributed by atoms with Crippen molar-refractivity contribution in [3.05, 3.63) is 59.7 Å². The van der Waals surface area contributed by atoms with Crippen LogP contribution in [0.25, 0.3) is 6.08 Å². The molecule has 32 heavy (non-hydrogen) atoms. The minimum Gasteiger partial charge on any atom is -0.495 e. The Bertz CT molecular complexity index is 1080. The number of sulfonamides is 1. The Morgan fingerprint density at radius 3 is 2.62 bits per heavy atom. The summed E-state index contributed by atoms with van der Waals surface area (Å²) in [4.78, 5) is 12.6. The molecule has 1 N–H and O–H groups in total. The molecule has 2 aromatic carbocycles. The molecule has 7 nitrogen and oxygen atoms in total. The fourth-order valence-corrected chi connectivity index (χ4v) is 5.13. The van der Waals surface area contributed by atoms with Gasteiger partial charge in [0.2, 0.25) is 15.9 Å². The Morgan fingerprint density at radius 2 is 1.94 bits per heavy atom. The van der Waals surface area contributed by atoms with E-state index in [-0.39, 0.29) is 16.6 Å². The number of carbonyl (C=O) groups is 1. The SMILES string of the molecule is CCC(C)c1ccccc1NC(=O)/C=C/c1ccc(OC)c(S(=O)(=O)N2CCOCC2)c1. The summed E-state index contributed by atoms with van der Waals surface area (Å²) in [7, 11) is -2.30. The molecule has 1 fully saturated rings. The van der Waals surface area contributed by atoms with Crippen molar-refractivity contribution >= 4 is 27.7 Å². The largest absolute Gasteiger partial charge is 0.495 e. The maximum atomic E-state index is 13.1. The molecule has 1 heterocycles. The molecular weight excluding hydrogens is 428 g/mol. The summed E-state index contributed by atoms with van der Waals surface area (Å²) in [6, 6.07) is 12.6. The van der Waals surface area contributed by atoms with Crippen LogP contribution in [0.4, 0.5) is 5.69 Å². The number of morpholine rings is 1. The van der Waals surface area contributed by atoms with E-state index < -0.39 is 10.0 Å². The fraction of sp³-hybridized carbons (Fsp3) is 0.375. The standard InChI is InChI=1S/C24H30N2O5S/c1-4-18(2)20-7-5-6-8-21(20)25-24(27)12-10-19-9-11-22(30-3)23(17-19)32(28,29)26-13-15-31-16-14-26/h5-12,17-18H,4,13-16H2,1-3H3,(H,25,27)/b12-10+. The summed E-state index contributed by atoms with van der Waals surface area (Å²) < 4.78 is 38.2. The van der Waals surface area contributed by atoms with Crippen LogP contribution in [-0.4, -0.2) is 52.0 Å². The van der Waals surface area contributed by atoms with Gasteiger partial charge in [0, 0.05) is 24.9 Å². The van der Waals surface area contributed by atoms with Crippen LogP contribution in [0.3, 0.4) is 0 Å². The highest BCUT2D eigenvalue weighted by molar-refractivity contribution is 7.89. The number of anilines is 1. The average molecular weight is 459 g/mol. The van der Waals surface area contributed by atoms with Gasteiger partial charge in [-0.3, -0.25) is 4.79 Å². The molecule has 1 amide bonds. The molecular formula is C24H30N2O5S. The molecule has 0 bridgehead atoms. The predicted molar refractivity (Wildman–Crippen MR) is 125 cm³/mol. The van der Waals surface area contributed by atoms with Crippen molar-refractivity contribution in [1.29, 1.82) is 0 Å². The van der Waals surface area contributed by atoms with Crippen molar-refractivity contribution in [1.82, 2.24) is 4.31 Å². The number of hydrogen-bond donors (Lipinski definition) is 1. The zero-order valence-electron chi connectivity index (χ0n) is 18.7. The summed E-state index contributed by atoms with van der Waals surface area (Å²) in [5, 5.41) is 2.92. The summed E-state index contributed by atoms with van der Waals surface area (Å²) in [6.07, 6.45) is 3.97. The number of rotatable bonds is 8. The van der Waals surface area contributed by atoms with E-state index in [1.807, 2.05) is 24.3 Å². The Morgan fingerprint density at radius 1 is 1.22 bits per heavy atom. The molecule has 1 aliphatic rings. The first-order valence-corrected chi connectivity index (χ1v) is 12.1. The van der Waals surface area contributed by atoms with Crippen molar-refractivity contribution in [3.63, 3.8) is 0 Å². The van der Waals surface area contributed by atoms with Crippen LogP contribution >= 0.6 is 0 Å². The average Bonchev–Trinajstić information content (AvgIpc) is 2.83. The molecule has 0 aliphatic carbocycles. The van der Waals surface area contributed by atoms with Gasteiger partial charge in [-0.05, 0) is 47.7 Å². The molecule has 1 saturated heterocycles. The Balaban J connectivity index is 1.81. The van der Waals surface area contributed by atoms with Crippen molar-refractivity contribution in [2.75, 3.05) is 38.7 Å². The van der Waals surface area contributed by atoms with E-state index in [2.05, 4.69) is 19.2 Å². The van der Waals surface area contributed by atoms with Gasteiger partial charge in [-0.25, -0.2) is 8.42 Å². The predicted octanol–water partition coefficient (Wildman–Crippen LogP) is 3.88. The highest BCUT2D eigenvalue weighted by Gasteiger charge is 2.29. The first kappa shape index (κ1) is 24.0. The third kappa shape index (κ3) is 5.56. The second-order valence-electron chi connectivity index (χ2n) is 7.65. The first-order valence-electron chi connectivity index (χ1n) is 10.7. The lowest BCUT2D eigenvalue weighted by atomic mass is 9.97. The summed E-state index contributed by atoms with van der Waals surface area (Å²) in [6.45, 7) is 5.54. The van der Waals surface area contributed by atoms with E-state index in [1.54, 1.807) is 18.2 Å². The van der Waals surface area contributed by atoms with Crippen LogP contribution in [-0.2, 0) is 19.6 Å². The van der Waals surface area contributed by atoms with Crippen LogP contribution in [0.15, 0.2) is 53.4 Å². The van der Waals surface area contributed by atoms with E-state index >= 15 is 0 Å². The smallest absolute Gasteiger partial charge is 0.248 e. The third-order valence-electron chi connectivity index (χ3n) is 5.56. The quantitative estimate of drug-likeness (QED) is 0.607. The van der Waals surface area contributed by atoms with E-state index in [4.69, 9.17) is 9.47 Å². The molecule has 0 spiro atoms. The van der Waals surface area contributed by atoms with Gasteiger partial charge in [-0.2, -0.15) is 4.31 Å². The topological polar surface area (TPSA) is 84.9 Å². The lowest BCUT2D eigenvalue weighted by molar-refractivity contribution is -0.111. The second kappa shape index (κ2) is 10.8. The molecule has 1 atom stereocenters. The van der Waals surface area contributed by atoms with Crippen LogP contribution in [0, 0.1) is 0 Å². The highest BCUT2D eigenvalue weighted by atomic mass is 32.2. The maximum absolute atomic E-state index is 13.1. The molecule has 0 radical (unpaired) electrons. The number of para-hydroxylation sites is 1. The van der Waals surface area contributed by atoms with Gasteiger partial charge in [0.1, 0.15) is 10.6 Å². The maximum Gasteiger partial charge on any atom is 0.248 e. The lowest BCUT2D eigenvalue weighted by Crippen LogP contribution is -2.40. The Kier molecular flexibility index (Phi) is 8.06. The zero-order valence-corrected chi connectivity index (χ0v) is 19.5. The number of nitrogens with zero attached hydrogens (tertiary/aromatic N) is 1. The molecule has 3 rings (SSSR count). The number of amides is 1. The number of ether oxygens (including phenoxy) is 2. The number of nitrogens with one attached hydrogen (secondary N) is 1. The number of methoxy groups -OCH3 is 1. The van der Waals surface area contributed by atoms with Crippen LogP contribution in [0.5, 0.6) is 5.75 Å². The molecule has 1 aliphatic heterocycles.